The summed E-state index contributed by atoms with van der Waals surface area (Å²) in [5, 5.41) is 14.4. The molecular formula is C26H30N2O6. The Kier molecular flexibility index (Phi) is 7.47. The number of ether oxygens (including phenoxy) is 2. The summed E-state index contributed by atoms with van der Waals surface area (Å²) in [7, 11) is 1.40. The summed E-state index contributed by atoms with van der Waals surface area (Å²) in [6.45, 7) is 0.219. The summed E-state index contributed by atoms with van der Waals surface area (Å²) in [6, 6.07) is 15.4. The molecule has 8 nitrogen and oxygen atoms in total. The molecule has 2 amide bonds. The molecule has 0 saturated heterocycles. The second-order valence-corrected chi connectivity index (χ2v) is 8.90. The molecule has 2 aliphatic carbocycles. The lowest BCUT2D eigenvalue weighted by Crippen LogP contribution is -2.49. The van der Waals surface area contributed by atoms with Crippen molar-refractivity contribution >= 4 is 18.0 Å². The van der Waals surface area contributed by atoms with E-state index in [0.717, 1.165) is 35.1 Å². The first kappa shape index (κ1) is 23.8. The molecule has 2 aliphatic rings. The van der Waals surface area contributed by atoms with Gasteiger partial charge in [0.2, 0.25) is 5.91 Å². The van der Waals surface area contributed by atoms with Crippen LogP contribution in [0.15, 0.2) is 48.5 Å². The van der Waals surface area contributed by atoms with Crippen molar-refractivity contribution < 1.29 is 29.0 Å². The predicted octanol–water partition coefficient (Wildman–Crippen LogP) is 3.30. The average molecular weight is 467 g/mol. The fraction of sp³-hybridized carbons (Fsp3) is 0.423. The highest BCUT2D eigenvalue weighted by Crippen LogP contribution is 2.44. The number of amides is 2. The number of carboxylic acids is 1. The molecule has 0 bridgehead atoms. The van der Waals surface area contributed by atoms with Crippen LogP contribution in [0.4, 0.5) is 4.79 Å². The SMILES string of the molecule is COC(CNC(=O)C(CC1CC1)NC(=O)OCC1c2ccccc2-c2ccccc21)CC(=O)O. The van der Waals surface area contributed by atoms with Crippen LogP contribution in [-0.4, -0.2) is 55.5 Å². The number of methoxy groups -OCH3 is 1. The van der Waals surface area contributed by atoms with Crippen LogP contribution in [0.1, 0.15) is 42.7 Å². The highest BCUT2D eigenvalue weighted by Gasteiger charge is 2.32. The van der Waals surface area contributed by atoms with Gasteiger partial charge in [-0.25, -0.2) is 4.79 Å². The number of carboxylic acid groups (broad SMARTS) is 1. The maximum Gasteiger partial charge on any atom is 0.407 e. The van der Waals surface area contributed by atoms with Crippen LogP contribution in [0.2, 0.25) is 0 Å². The Bertz CT molecular complexity index is 1010. The predicted molar refractivity (Wildman–Crippen MR) is 125 cm³/mol. The van der Waals surface area contributed by atoms with E-state index < -0.39 is 24.2 Å². The maximum absolute atomic E-state index is 12.8. The van der Waals surface area contributed by atoms with Gasteiger partial charge in [0.05, 0.1) is 12.5 Å². The average Bonchev–Trinajstić information content (AvgIpc) is 3.60. The zero-order chi connectivity index (χ0) is 24.1. The van der Waals surface area contributed by atoms with E-state index in [9.17, 15) is 14.4 Å². The minimum atomic E-state index is -1.01. The highest BCUT2D eigenvalue weighted by molar-refractivity contribution is 5.86. The van der Waals surface area contributed by atoms with Crippen molar-refractivity contribution in [3.8, 4) is 11.1 Å². The van der Waals surface area contributed by atoms with E-state index in [4.69, 9.17) is 14.6 Å². The fourth-order valence-electron chi connectivity index (χ4n) is 4.47. The second kappa shape index (κ2) is 10.7. The third kappa shape index (κ3) is 5.75. The van der Waals surface area contributed by atoms with E-state index >= 15 is 0 Å². The zero-order valence-corrected chi connectivity index (χ0v) is 19.2. The Balaban J connectivity index is 1.35. The van der Waals surface area contributed by atoms with Crippen molar-refractivity contribution in [3.05, 3.63) is 59.7 Å². The monoisotopic (exact) mass is 466 g/mol. The van der Waals surface area contributed by atoms with E-state index in [1.165, 1.54) is 7.11 Å². The summed E-state index contributed by atoms with van der Waals surface area (Å²) < 4.78 is 10.7. The van der Waals surface area contributed by atoms with Crippen molar-refractivity contribution in [3.63, 3.8) is 0 Å². The van der Waals surface area contributed by atoms with Gasteiger partial charge in [0, 0.05) is 19.6 Å². The third-order valence-electron chi connectivity index (χ3n) is 6.46. The summed E-state index contributed by atoms with van der Waals surface area (Å²) in [4.78, 5) is 36.3. The van der Waals surface area contributed by atoms with Gasteiger partial charge in [-0.3, -0.25) is 9.59 Å². The Morgan fingerprint density at radius 1 is 1.03 bits per heavy atom. The minimum absolute atomic E-state index is 0.0508. The van der Waals surface area contributed by atoms with E-state index in [2.05, 4.69) is 22.8 Å². The van der Waals surface area contributed by atoms with Gasteiger partial charge in [-0.2, -0.15) is 0 Å². The van der Waals surface area contributed by atoms with Gasteiger partial charge in [-0.15, -0.1) is 0 Å². The van der Waals surface area contributed by atoms with E-state index in [0.29, 0.717) is 12.3 Å². The second-order valence-electron chi connectivity index (χ2n) is 8.90. The quantitative estimate of drug-likeness (QED) is 0.468. The van der Waals surface area contributed by atoms with Gasteiger partial charge in [-0.1, -0.05) is 61.4 Å². The van der Waals surface area contributed by atoms with Crippen LogP contribution < -0.4 is 10.6 Å². The first-order valence-electron chi connectivity index (χ1n) is 11.6. The van der Waals surface area contributed by atoms with Crippen molar-refractivity contribution in [1.82, 2.24) is 10.6 Å². The molecule has 1 saturated carbocycles. The van der Waals surface area contributed by atoms with Crippen LogP contribution in [0.5, 0.6) is 0 Å². The molecule has 2 aromatic carbocycles. The van der Waals surface area contributed by atoms with Crippen LogP contribution >= 0.6 is 0 Å². The van der Waals surface area contributed by atoms with Crippen LogP contribution in [0.25, 0.3) is 11.1 Å². The molecule has 2 aromatic rings. The molecule has 0 aliphatic heterocycles. The summed E-state index contributed by atoms with van der Waals surface area (Å²) in [5.74, 6) is -1.05. The molecule has 2 unspecified atom stereocenters. The number of alkyl carbamates (subject to hydrolysis) is 1. The molecule has 1 fully saturated rings. The molecule has 0 aromatic heterocycles. The molecule has 2 atom stereocenters. The van der Waals surface area contributed by atoms with Gasteiger partial charge in [0.15, 0.2) is 0 Å². The Hall–Kier alpha value is -3.39. The Morgan fingerprint density at radius 2 is 1.65 bits per heavy atom. The van der Waals surface area contributed by atoms with Crippen molar-refractivity contribution in [1.29, 1.82) is 0 Å². The number of benzene rings is 2. The first-order chi connectivity index (χ1) is 16.5. The van der Waals surface area contributed by atoms with E-state index in [1.807, 2.05) is 36.4 Å². The number of fused-ring (bicyclic) bond motifs is 3. The number of carbonyl (C=O) groups excluding carboxylic acids is 2. The number of hydrogen-bond donors (Lipinski definition) is 3. The molecular weight excluding hydrogens is 436 g/mol. The van der Waals surface area contributed by atoms with Gasteiger partial charge < -0.3 is 25.2 Å². The molecule has 34 heavy (non-hydrogen) atoms. The van der Waals surface area contributed by atoms with Gasteiger partial charge >= 0.3 is 12.1 Å². The number of aliphatic carboxylic acids is 1. The van der Waals surface area contributed by atoms with E-state index in [1.54, 1.807) is 0 Å². The molecule has 0 radical (unpaired) electrons. The number of hydrogen-bond acceptors (Lipinski definition) is 5. The maximum atomic E-state index is 12.8. The highest BCUT2D eigenvalue weighted by atomic mass is 16.5. The Labute approximate surface area is 198 Å². The van der Waals surface area contributed by atoms with Crippen LogP contribution in [-0.2, 0) is 19.1 Å². The van der Waals surface area contributed by atoms with Crippen molar-refractivity contribution in [2.75, 3.05) is 20.3 Å². The van der Waals surface area contributed by atoms with Crippen LogP contribution in [0, 0.1) is 5.92 Å². The molecule has 0 heterocycles. The summed E-state index contributed by atoms with van der Waals surface area (Å²) in [6.07, 6.45) is 1.07. The minimum Gasteiger partial charge on any atom is -0.481 e. The van der Waals surface area contributed by atoms with Gasteiger partial charge in [0.1, 0.15) is 12.6 Å². The lowest BCUT2D eigenvalue weighted by molar-refractivity contribution is -0.140. The lowest BCUT2D eigenvalue weighted by Gasteiger charge is -2.21. The largest absolute Gasteiger partial charge is 0.481 e. The number of rotatable bonds is 11. The smallest absolute Gasteiger partial charge is 0.407 e. The van der Waals surface area contributed by atoms with Gasteiger partial charge in [-0.05, 0) is 34.6 Å². The Morgan fingerprint density at radius 3 is 2.21 bits per heavy atom. The fourth-order valence-corrected chi connectivity index (χ4v) is 4.47. The van der Waals surface area contributed by atoms with Gasteiger partial charge in [0.25, 0.3) is 0 Å². The number of nitrogens with one attached hydrogen (secondary N) is 2. The standard InChI is InChI=1S/C26H30N2O6/c1-33-17(13-24(29)30)14-27-25(31)23(12-16-10-11-16)28-26(32)34-15-22-20-8-4-2-6-18(20)19-7-3-5-9-21(19)22/h2-9,16-17,22-23H,10-15H2,1H3,(H,27,31)(H,28,32)(H,29,30). The van der Waals surface area contributed by atoms with E-state index in [-0.39, 0.29) is 31.4 Å². The lowest BCUT2D eigenvalue weighted by atomic mass is 9.98. The third-order valence-corrected chi connectivity index (χ3v) is 6.46. The summed E-state index contributed by atoms with van der Waals surface area (Å²) >= 11 is 0. The zero-order valence-electron chi connectivity index (χ0n) is 19.2. The topological polar surface area (TPSA) is 114 Å². The molecule has 180 valence electrons. The normalized spacial score (nSPS) is 16.1. The molecule has 3 N–H and O–H groups in total. The van der Waals surface area contributed by atoms with Crippen molar-refractivity contribution in [2.45, 2.75) is 43.7 Å². The molecule has 8 heteroatoms. The summed E-state index contributed by atoms with van der Waals surface area (Å²) in [5.41, 5.74) is 4.53. The van der Waals surface area contributed by atoms with Crippen LogP contribution in [0.3, 0.4) is 0 Å². The molecule has 4 rings (SSSR count). The first-order valence-corrected chi connectivity index (χ1v) is 11.6. The van der Waals surface area contributed by atoms with Crippen molar-refractivity contribution in [2.24, 2.45) is 5.92 Å². The molecule has 0 spiro atoms. The number of carbonyl (C=O) groups is 3.